The molecule has 35 heavy (non-hydrogen) atoms. The van der Waals surface area contributed by atoms with Gasteiger partial charge in [-0.2, -0.15) is 0 Å². The lowest BCUT2D eigenvalue weighted by atomic mass is 10.2. The van der Waals surface area contributed by atoms with Gasteiger partial charge in [0.15, 0.2) is 43.1 Å². The van der Waals surface area contributed by atoms with Crippen LogP contribution in [0.2, 0.25) is 5.15 Å². The summed E-state index contributed by atoms with van der Waals surface area (Å²) in [4.78, 5) is 24.2. The number of halogens is 1. The summed E-state index contributed by atoms with van der Waals surface area (Å²) >= 11 is 6.18. The number of aromatic amines is 1. The summed E-state index contributed by atoms with van der Waals surface area (Å²) in [5.74, 6) is 1.75. The Balaban J connectivity index is 1.56. The van der Waals surface area contributed by atoms with Crippen molar-refractivity contribution in [3.63, 3.8) is 0 Å². The summed E-state index contributed by atoms with van der Waals surface area (Å²) in [5, 5.41) is 0.153. The van der Waals surface area contributed by atoms with Crippen molar-refractivity contribution >= 4 is 32.5 Å². The van der Waals surface area contributed by atoms with Gasteiger partial charge in [0, 0.05) is 30.7 Å². The van der Waals surface area contributed by atoms with Gasteiger partial charge in [0.05, 0.1) is 29.2 Å². The minimum Gasteiger partial charge on any atom is -0.452 e. The van der Waals surface area contributed by atoms with Gasteiger partial charge in [-0.3, -0.25) is 4.98 Å². The molecule has 4 aromatic heterocycles. The molecule has 10 nitrogen and oxygen atoms in total. The number of H-pyrrole nitrogens is 1. The molecule has 12 heteroatoms. The highest BCUT2D eigenvalue weighted by Gasteiger charge is 2.17. The molecule has 1 N–H and O–H groups in total. The lowest BCUT2D eigenvalue weighted by Crippen LogP contribution is -2.05. The lowest BCUT2D eigenvalue weighted by molar-refractivity contribution is 0.417. The van der Waals surface area contributed by atoms with E-state index in [0.29, 0.717) is 45.5 Å². The number of hydrogen-bond acceptors (Lipinski definition) is 9. The zero-order chi connectivity index (χ0) is 24.4. The predicted molar refractivity (Wildman–Crippen MR) is 128 cm³/mol. The number of benzene rings is 1. The number of rotatable bonds is 7. The Kier molecular flexibility index (Phi) is 6.01. The van der Waals surface area contributed by atoms with E-state index in [2.05, 4.69) is 29.9 Å². The van der Waals surface area contributed by atoms with Gasteiger partial charge in [-0.05, 0) is 24.3 Å². The SMILES string of the molecule is CCS(=O)(=O)c1ccc(Oc2cc3[nH]c(-c4cnccn4)nc3cc2Oc2cccnc2Cl)cn1. The summed E-state index contributed by atoms with van der Waals surface area (Å²) < 4.78 is 36.2. The fraction of sp³-hybridized carbons (Fsp3) is 0.0870. The molecular weight excluding hydrogens is 492 g/mol. The van der Waals surface area contributed by atoms with E-state index >= 15 is 0 Å². The monoisotopic (exact) mass is 508 g/mol. The van der Waals surface area contributed by atoms with E-state index < -0.39 is 9.84 Å². The van der Waals surface area contributed by atoms with Crippen LogP contribution in [0.15, 0.2) is 72.4 Å². The number of hydrogen-bond donors (Lipinski definition) is 1. The van der Waals surface area contributed by atoms with E-state index in [-0.39, 0.29) is 15.9 Å². The van der Waals surface area contributed by atoms with Crippen LogP contribution in [-0.2, 0) is 9.84 Å². The number of aromatic nitrogens is 6. The third-order valence-corrected chi connectivity index (χ3v) is 6.86. The normalized spacial score (nSPS) is 11.5. The lowest BCUT2D eigenvalue weighted by Gasteiger charge is -2.13. The number of nitrogens with one attached hydrogen (secondary N) is 1. The Morgan fingerprint density at radius 3 is 2.51 bits per heavy atom. The van der Waals surface area contributed by atoms with Gasteiger partial charge in [0.2, 0.25) is 0 Å². The van der Waals surface area contributed by atoms with Crippen molar-refractivity contribution in [1.82, 2.24) is 29.9 Å². The Hall–Kier alpha value is -4.09. The molecule has 5 rings (SSSR count). The van der Waals surface area contributed by atoms with E-state index in [1.165, 1.54) is 18.3 Å². The first-order chi connectivity index (χ1) is 16.9. The number of sulfone groups is 1. The molecule has 0 saturated heterocycles. The molecule has 0 aliphatic carbocycles. The van der Waals surface area contributed by atoms with E-state index in [0.717, 1.165) is 0 Å². The summed E-state index contributed by atoms with van der Waals surface area (Å²) in [5.41, 5.74) is 1.82. The quantitative estimate of drug-likeness (QED) is 0.306. The molecule has 4 heterocycles. The van der Waals surface area contributed by atoms with Gasteiger partial charge in [-0.15, -0.1) is 0 Å². The third-order valence-electron chi connectivity index (χ3n) is 4.93. The zero-order valence-corrected chi connectivity index (χ0v) is 19.8. The number of nitrogens with zero attached hydrogens (tertiary/aromatic N) is 5. The fourth-order valence-electron chi connectivity index (χ4n) is 3.17. The van der Waals surface area contributed by atoms with Crippen LogP contribution in [-0.4, -0.2) is 44.1 Å². The summed E-state index contributed by atoms with van der Waals surface area (Å²) in [6.45, 7) is 1.56. The minimum atomic E-state index is -3.43. The molecule has 1 aromatic carbocycles. The van der Waals surface area contributed by atoms with Crippen LogP contribution in [0.3, 0.4) is 0 Å². The highest BCUT2D eigenvalue weighted by atomic mass is 35.5. The van der Waals surface area contributed by atoms with Crippen LogP contribution in [0.25, 0.3) is 22.6 Å². The van der Waals surface area contributed by atoms with Crippen molar-refractivity contribution in [1.29, 1.82) is 0 Å². The maximum atomic E-state index is 12.1. The van der Waals surface area contributed by atoms with Crippen LogP contribution in [0, 0.1) is 0 Å². The molecular formula is C23H17ClN6O4S. The third kappa shape index (κ3) is 4.77. The van der Waals surface area contributed by atoms with Crippen LogP contribution < -0.4 is 9.47 Å². The summed E-state index contributed by atoms with van der Waals surface area (Å²) in [6, 6.07) is 9.68. The average molecular weight is 509 g/mol. The van der Waals surface area contributed by atoms with Gasteiger partial charge < -0.3 is 14.5 Å². The Morgan fingerprint density at radius 2 is 1.80 bits per heavy atom. The van der Waals surface area contributed by atoms with Gasteiger partial charge in [0.1, 0.15) is 11.4 Å². The van der Waals surface area contributed by atoms with Crippen LogP contribution in [0.5, 0.6) is 23.0 Å². The van der Waals surface area contributed by atoms with Crippen molar-refractivity contribution in [3.8, 4) is 34.5 Å². The van der Waals surface area contributed by atoms with Crippen molar-refractivity contribution in [2.45, 2.75) is 11.9 Å². The van der Waals surface area contributed by atoms with E-state index in [9.17, 15) is 8.42 Å². The van der Waals surface area contributed by atoms with Gasteiger partial charge in [-0.25, -0.2) is 28.4 Å². The molecule has 0 aliphatic rings. The molecule has 0 fully saturated rings. The van der Waals surface area contributed by atoms with Gasteiger partial charge in [0.25, 0.3) is 0 Å². The smallest absolute Gasteiger partial charge is 0.195 e. The largest absolute Gasteiger partial charge is 0.452 e. The van der Waals surface area contributed by atoms with Crippen LogP contribution in [0.4, 0.5) is 0 Å². The first-order valence-electron chi connectivity index (χ1n) is 10.4. The number of imidazole rings is 1. The first-order valence-corrected chi connectivity index (χ1v) is 12.4. The van der Waals surface area contributed by atoms with E-state index in [1.54, 1.807) is 56.0 Å². The van der Waals surface area contributed by atoms with Crippen LogP contribution >= 0.6 is 11.6 Å². The first kappa shape index (κ1) is 22.7. The molecule has 0 spiro atoms. The maximum absolute atomic E-state index is 12.1. The highest BCUT2D eigenvalue weighted by molar-refractivity contribution is 7.91. The van der Waals surface area contributed by atoms with Crippen LogP contribution in [0.1, 0.15) is 6.92 Å². The Morgan fingerprint density at radius 1 is 0.943 bits per heavy atom. The van der Waals surface area contributed by atoms with Crippen molar-refractivity contribution < 1.29 is 17.9 Å². The van der Waals surface area contributed by atoms with Crippen molar-refractivity contribution in [2.24, 2.45) is 0 Å². The van der Waals surface area contributed by atoms with Crippen molar-refractivity contribution in [2.75, 3.05) is 5.75 Å². The topological polar surface area (TPSA) is 133 Å². The van der Waals surface area contributed by atoms with Crippen molar-refractivity contribution in [3.05, 3.63) is 72.5 Å². The number of ether oxygens (including phenoxy) is 2. The van der Waals surface area contributed by atoms with Gasteiger partial charge in [-0.1, -0.05) is 18.5 Å². The molecule has 0 saturated carbocycles. The second-order valence-electron chi connectivity index (χ2n) is 7.22. The predicted octanol–water partition coefficient (Wildman–Crippen LogP) is 4.84. The highest BCUT2D eigenvalue weighted by Crippen LogP contribution is 2.39. The molecule has 5 aromatic rings. The minimum absolute atomic E-state index is 0.0244. The second-order valence-corrected chi connectivity index (χ2v) is 9.81. The summed E-state index contributed by atoms with van der Waals surface area (Å²) in [7, 11) is -3.43. The number of pyridine rings is 2. The standard InChI is InChI=1S/C23H17ClN6O4S/c1-2-35(31,32)21-6-5-14(12-28-21)33-19-10-15-16(30-23(29-15)17-13-25-8-9-26-17)11-20(19)34-18-4-3-7-27-22(18)24/h3-13H,2H2,1H3,(H,29,30). The Bertz CT molecular complexity index is 1610. The van der Waals surface area contributed by atoms with Gasteiger partial charge >= 0.3 is 0 Å². The molecule has 0 aliphatic heterocycles. The fourth-order valence-corrected chi connectivity index (χ4v) is 4.11. The van der Waals surface area contributed by atoms with E-state index in [1.807, 2.05) is 0 Å². The average Bonchev–Trinajstić information content (AvgIpc) is 3.29. The zero-order valence-electron chi connectivity index (χ0n) is 18.2. The molecule has 0 unspecified atom stereocenters. The summed E-state index contributed by atoms with van der Waals surface area (Å²) in [6.07, 6.45) is 7.64. The Labute approximate surface area is 204 Å². The molecule has 0 atom stereocenters. The van der Waals surface area contributed by atoms with E-state index in [4.69, 9.17) is 21.1 Å². The number of fused-ring (bicyclic) bond motifs is 1. The molecule has 0 bridgehead atoms. The molecule has 0 radical (unpaired) electrons. The maximum Gasteiger partial charge on any atom is 0.195 e. The second kappa shape index (κ2) is 9.28. The molecule has 0 amide bonds. The molecule has 176 valence electrons.